The van der Waals surface area contributed by atoms with Crippen LogP contribution in [0.4, 0.5) is 13.2 Å². The molecule has 2 atom stereocenters. The van der Waals surface area contributed by atoms with E-state index in [4.69, 9.17) is 93.8 Å². The molecule has 2 unspecified atom stereocenters. The summed E-state index contributed by atoms with van der Waals surface area (Å²) in [6, 6.07) is 30.7. The van der Waals surface area contributed by atoms with Gasteiger partial charge in [-0.1, -0.05) is 128 Å². The standard InChI is InChI=1S/C86H61Cl4F3N4O20/c1-6-62(84(106)116-56-23-31-94-32-24-56)96-76(98)58-39-64(112-52-15-7-48(8-16-52)27-35-108-80(102)44(2)87)70-72-66(114-54-19-11-50(12-20-54)29-37-110-82(104)46(4)89)41-60-69-61(79(101)97(78(60)100)63(43-86(91,92)93)85(107)117-57-25-33-95-34-26-57)42-67(115-55-21-13-51(14-22-55)30-38-111-83(105)47(5)90)73(75(69)72)71-65(40-59(77(96)99)68(58)74(70)71)113-53-17-9-49(10-18-53)28-36-109-81(103)45(3)88/h7-26,31-34,39-42,62-63H,2-6,27-30,35-38,43H2,1H3. The third kappa shape index (κ3) is 17.9. The fourth-order valence-electron chi connectivity index (χ4n) is 13.3. The lowest BCUT2D eigenvalue weighted by molar-refractivity contribution is -0.160. The molecular weight excluding hydrogens is 1610 g/mol. The number of carbonyl (C=O) groups excluding carboxylic acids is 10. The molecule has 9 aromatic carbocycles. The predicted molar refractivity (Wildman–Crippen MR) is 422 cm³/mol. The van der Waals surface area contributed by atoms with Crippen molar-refractivity contribution in [2.75, 3.05) is 26.4 Å². The summed E-state index contributed by atoms with van der Waals surface area (Å²) in [5, 5.41) is -2.40. The molecule has 11 aromatic rings. The maximum absolute atomic E-state index is 16.2. The molecule has 0 aliphatic carbocycles. The molecule has 31 heteroatoms. The number of rotatable bonds is 32. The molecule has 0 bridgehead atoms. The van der Waals surface area contributed by atoms with Gasteiger partial charge < -0.3 is 47.4 Å². The zero-order valence-electron chi connectivity index (χ0n) is 61.3. The molecule has 0 N–H and O–H groups in total. The molecule has 117 heavy (non-hydrogen) atoms. The van der Waals surface area contributed by atoms with Crippen LogP contribution in [0.5, 0.6) is 57.5 Å². The molecule has 4 heterocycles. The third-order valence-electron chi connectivity index (χ3n) is 18.7. The average Bonchev–Trinajstić information content (AvgIpc) is 0.670. The number of ether oxygens (including phenoxy) is 10. The number of imide groups is 2. The van der Waals surface area contributed by atoms with Crippen LogP contribution >= 0.6 is 46.4 Å². The molecule has 2 aliphatic rings. The number of fused-ring (bicyclic) bond motifs is 2. The summed E-state index contributed by atoms with van der Waals surface area (Å²) >= 11 is 23.2. The number of hydrogen-bond donors (Lipinski definition) is 0. The summed E-state index contributed by atoms with van der Waals surface area (Å²) in [6.07, 6.45) is -1.98. The van der Waals surface area contributed by atoms with E-state index < -0.39 is 95.3 Å². The molecule has 2 aliphatic heterocycles. The molecule has 13 rings (SSSR count). The normalized spacial score (nSPS) is 12.9. The smallest absolute Gasteiger partial charge is 0.391 e. The van der Waals surface area contributed by atoms with Gasteiger partial charge in [-0.3, -0.25) is 38.9 Å². The Labute approximate surface area is 682 Å². The van der Waals surface area contributed by atoms with Crippen LogP contribution in [0, 0.1) is 0 Å². The van der Waals surface area contributed by atoms with E-state index in [1.54, 1.807) is 55.5 Å². The highest BCUT2D eigenvalue weighted by Crippen LogP contribution is 2.58. The lowest BCUT2D eigenvalue weighted by Crippen LogP contribution is -2.53. The Balaban J connectivity index is 1.14. The van der Waals surface area contributed by atoms with Crippen molar-refractivity contribution in [3.63, 3.8) is 0 Å². The van der Waals surface area contributed by atoms with Crippen LogP contribution in [0.1, 0.15) is 83.5 Å². The Bertz CT molecular complexity index is 5630. The van der Waals surface area contributed by atoms with E-state index >= 15 is 32.3 Å². The quantitative estimate of drug-likeness (QED) is 0.00944. The fourth-order valence-corrected chi connectivity index (χ4v) is 13.5. The van der Waals surface area contributed by atoms with Gasteiger partial charge in [0.25, 0.3) is 23.6 Å². The first-order chi connectivity index (χ1) is 56.0. The lowest BCUT2D eigenvalue weighted by atomic mass is 9.80. The van der Waals surface area contributed by atoms with Gasteiger partial charge in [0, 0.05) is 93.6 Å². The van der Waals surface area contributed by atoms with E-state index in [1.807, 2.05) is 0 Å². The minimum absolute atomic E-state index is 0.00982. The molecule has 0 radical (unpaired) electrons. The number of amides is 4. The minimum Gasteiger partial charge on any atom is -0.461 e. The van der Waals surface area contributed by atoms with Gasteiger partial charge >= 0.3 is 42.0 Å². The molecule has 0 spiro atoms. The van der Waals surface area contributed by atoms with Gasteiger partial charge in [0.05, 0.1) is 55.1 Å². The Morgan fingerprint density at radius 2 is 0.615 bits per heavy atom. The van der Waals surface area contributed by atoms with Gasteiger partial charge in [-0.2, -0.15) is 13.2 Å². The van der Waals surface area contributed by atoms with E-state index in [0.717, 1.165) is 17.0 Å². The van der Waals surface area contributed by atoms with Crippen molar-refractivity contribution in [1.82, 2.24) is 19.8 Å². The van der Waals surface area contributed by atoms with Crippen LogP contribution in [0.2, 0.25) is 0 Å². The number of carbonyl (C=O) groups is 10. The predicted octanol–water partition coefficient (Wildman–Crippen LogP) is 17.6. The van der Waals surface area contributed by atoms with Gasteiger partial charge in [-0.15, -0.1) is 0 Å². The first kappa shape index (κ1) is 81.8. The number of nitrogens with zero attached hydrogens (tertiary/aromatic N) is 4. The molecule has 594 valence electrons. The van der Waals surface area contributed by atoms with Gasteiger partial charge in [0.15, 0.2) is 0 Å². The Morgan fingerprint density at radius 3 is 0.855 bits per heavy atom. The van der Waals surface area contributed by atoms with E-state index in [2.05, 4.69) is 36.3 Å². The van der Waals surface area contributed by atoms with Crippen molar-refractivity contribution in [3.05, 3.63) is 261 Å². The number of alkyl halides is 3. The van der Waals surface area contributed by atoms with E-state index in [-0.39, 0.29) is 195 Å². The first-order valence-corrected chi connectivity index (χ1v) is 37.1. The van der Waals surface area contributed by atoms with E-state index in [9.17, 15) is 28.8 Å². The number of esters is 6. The summed E-state index contributed by atoms with van der Waals surface area (Å²) in [5.41, 5.74) is 0.717. The maximum atomic E-state index is 16.2. The SMILES string of the molecule is C=C(Cl)C(=O)OCCc1ccc(Oc2cc3c4c(cc(Oc5ccc(CCOC(=O)C(=C)Cl)cc5)c5c6c(Oc7ccc(CCOC(=O)C(=C)Cl)cc7)cc7c8c(cc(Oc9ccc(CCOC(=O)C(=C)Cl)cc9)c(c2c45)c86)C(=O)N(C(CC(F)(F)F)C(=O)Oc2ccncc2)C7=O)C(=O)N(C(CC)C(=O)Oc2ccncc2)C3=O)cc1. The highest BCUT2D eigenvalue weighted by Gasteiger charge is 2.50. The highest BCUT2D eigenvalue weighted by molar-refractivity contribution is 6.46. The number of pyridine rings is 2. The summed E-state index contributed by atoms with van der Waals surface area (Å²) in [6.45, 7) is 14.6. The van der Waals surface area contributed by atoms with Crippen molar-refractivity contribution in [1.29, 1.82) is 0 Å². The molecule has 0 fully saturated rings. The van der Waals surface area contributed by atoms with Crippen molar-refractivity contribution < 1.29 is 108 Å². The summed E-state index contributed by atoms with van der Waals surface area (Å²) in [4.78, 5) is 152. The van der Waals surface area contributed by atoms with Crippen LogP contribution < -0.4 is 28.4 Å². The Hall–Kier alpha value is -13.2. The molecule has 0 saturated carbocycles. The van der Waals surface area contributed by atoms with Gasteiger partial charge in [0.1, 0.15) is 89.7 Å². The zero-order valence-corrected chi connectivity index (χ0v) is 64.3. The van der Waals surface area contributed by atoms with Gasteiger partial charge in [-0.05, 0) is 126 Å². The molecule has 4 amide bonds. The van der Waals surface area contributed by atoms with Crippen molar-refractivity contribution in [2.45, 2.75) is 63.7 Å². The second kappa shape index (κ2) is 34.9. The summed E-state index contributed by atoms with van der Waals surface area (Å²) in [7, 11) is 0. The van der Waals surface area contributed by atoms with Crippen LogP contribution in [-0.2, 0) is 73.4 Å². The first-order valence-electron chi connectivity index (χ1n) is 35.6. The van der Waals surface area contributed by atoms with Crippen molar-refractivity contribution >= 4 is 149 Å². The number of halogens is 7. The third-order valence-corrected chi connectivity index (χ3v) is 19.3. The minimum atomic E-state index is -5.28. The average molecular weight is 1670 g/mol. The van der Waals surface area contributed by atoms with Crippen LogP contribution in [0.25, 0.3) is 43.1 Å². The second-order valence-corrected chi connectivity index (χ2v) is 28.1. The largest absolute Gasteiger partial charge is 0.461 e. The number of benzene rings is 9. The number of aromatic nitrogens is 2. The van der Waals surface area contributed by atoms with Crippen molar-refractivity contribution in [3.8, 4) is 57.5 Å². The molecule has 0 saturated heterocycles. The monoisotopic (exact) mass is 1670 g/mol. The number of hydrogen-bond acceptors (Lipinski definition) is 22. The van der Waals surface area contributed by atoms with Gasteiger partial charge in [-0.25, -0.2) is 28.8 Å². The lowest BCUT2D eigenvalue weighted by Gasteiger charge is -2.35. The fraction of sp³-hybridized carbons (Fsp3) is 0.163. The van der Waals surface area contributed by atoms with Crippen LogP contribution in [0.15, 0.2) is 217 Å². The van der Waals surface area contributed by atoms with E-state index in [0.29, 0.717) is 22.3 Å². The second-order valence-electron chi connectivity index (χ2n) is 26.3. The topological polar surface area (TPSA) is 295 Å². The summed E-state index contributed by atoms with van der Waals surface area (Å²) < 4.78 is 107. The molecule has 2 aromatic heterocycles. The van der Waals surface area contributed by atoms with Gasteiger partial charge in [0.2, 0.25) is 0 Å². The maximum Gasteiger partial charge on any atom is 0.391 e. The highest BCUT2D eigenvalue weighted by atomic mass is 35.5. The van der Waals surface area contributed by atoms with Crippen molar-refractivity contribution in [2.24, 2.45) is 0 Å². The molecular formula is C86H61Cl4F3N4O20. The molecule has 24 nitrogen and oxygen atoms in total. The Morgan fingerprint density at radius 1 is 0.368 bits per heavy atom. The van der Waals surface area contributed by atoms with Crippen LogP contribution in [-0.4, -0.2) is 124 Å². The Kier molecular flexibility index (Phi) is 24.4. The van der Waals surface area contributed by atoms with Crippen LogP contribution in [0.3, 0.4) is 0 Å². The summed E-state index contributed by atoms with van der Waals surface area (Å²) in [5.74, 6) is -12.6. The zero-order chi connectivity index (χ0) is 83.3. The van der Waals surface area contributed by atoms with E-state index in [1.165, 1.54) is 110 Å².